The predicted octanol–water partition coefficient (Wildman–Crippen LogP) is 1.16. The number of aryl methyl sites for hydroxylation is 1. The second-order valence-corrected chi connectivity index (χ2v) is 5.08. The molecule has 98 valence electrons. The molecule has 1 saturated heterocycles. The SMILES string of the molecule is CCc1ccc(C2SCC(=O)N2CC(=O)NC)o1. The minimum absolute atomic E-state index is 0.0250. The molecule has 1 aromatic rings. The Labute approximate surface area is 110 Å². The molecule has 1 atom stereocenters. The number of hydrogen-bond acceptors (Lipinski definition) is 4. The molecule has 0 bridgehead atoms. The molecule has 0 aromatic carbocycles. The summed E-state index contributed by atoms with van der Waals surface area (Å²) >= 11 is 1.49. The molecule has 1 fully saturated rings. The van der Waals surface area contributed by atoms with Gasteiger partial charge in [0.2, 0.25) is 11.8 Å². The van der Waals surface area contributed by atoms with Gasteiger partial charge in [0.25, 0.3) is 0 Å². The highest BCUT2D eigenvalue weighted by Crippen LogP contribution is 2.39. The Kier molecular flexibility index (Phi) is 3.96. The molecule has 6 heteroatoms. The molecule has 0 aliphatic carbocycles. The highest BCUT2D eigenvalue weighted by molar-refractivity contribution is 8.00. The first-order valence-electron chi connectivity index (χ1n) is 5.86. The van der Waals surface area contributed by atoms with Crippen molar-refractivity contribution in [1.29, 1.82) is 0 Å². The molecule has 2 heterocycles. The van der Waals surface area contributed by atoms with Crippen LogP contribution in [0.5, 0.6) is 0 Å². The van der Waals surface area contributed by atoms with E-state index in [2.05, 4.69) is 5.32 Å². The Morgan fingerprint density at radius 1 is 1.61 bits per heavy atom. The predicted molar refractivity (Wildman–Crippen MR) is 69.1 cm³/mol. The first-order chi connectivity index (χ1) is 8.65. The van der Waals surface area contributed by atoms with Crippen LogP contribution in [0, 0.1) is 0 Å². The quantitative estimate of drug-likeness (QED) is 0.890. The summed E-state index contributed by atoms with van der Waals surface area (Å²) in [6.07, 6.45) is 0.820. The van der Waals surface area contributed by atoms with Gasteiger partial charge in [0.15, 0.2) is 0 Å². The maximum absolute atomic E-state index is 11.8. The number of nitrogens with one attached hydrogen (secondary N) is 1. The summed E-state index contributed by atoms with van der Waals surface area (Å²) < 4.78 is 5.66. The van der Waals surface area contributed by atoms with E-state index >= 15 is 0 Å². The van der Waals surface area contributed by atoms with Gasteiger partial charge in [-0.3, -0.25) is 9.59 Å². The maximum Gasteiger partial charge on any atom is 0.239 e. The third-order valence-corrected chi connectivity index (χ3v) is 4.05. The Morgan fingerprint density at radius 2 is 2.39 bits per heavy atom. The van der Waals surface area contributed by atoms with Gasteiger partial charge in [-0.1, -0.05) is 6.92 Å². The van der Waals surface area contributed by atoms with Crippen LogP contribution in [0.3, 0.4) is 0 Å². The van der Waals surface area contributed by atoms with Crippen molar-refractivity contribution in [2.75, 3.05) is 19.3 Å². The van der Waals surface area contributed by atoms with Gasteiger partial charge >= 0.3 is 0 Å². The summed E-state index contributed by atoms with van der Waals surface area (Å²) in [6.45, 7) is 2.09. The lowest BCUT2D eigenvalue weighted by Crippen LogP contribution is -2.37. The summed E-state index contributed by atoms with van der Waals surface area (Å²) in [5.74, 6) is 1.83. The highest BCUT2D eigenvalue weighted by Gasteiger charge is 2.35. The number of furan rings is 1. The van der Waals surface area contributed by atoms with Gasteiger partial charge < -0.3 is 14.6 Å². The molecular weight excluding hydrogens is 252 g/mol. The molecule has 2 rings (SSSR count). The monoisotopic (exact) mass is 268 g/mol. The molecule has 1 N–H and O–H groups in total. The average Bonchev–Trinajstić information content (AvgIpc) is 2.97. The number of hydrogen-bond donors (Lipinski definition) is 1. The number of rotatable bonds is 4. The molecule has 1 aliphatic heterocycles. The lowest BCUT2D eigenvalue weighted by Gasteiger charge is -2.21. The molecule has 1 unspecified atom stereocenters. The normalized spacial score (nSPS) is 19.3. The van der Waals surface area contributed by atoms with Crippen LogP contribution in [0.4, 0.5) is 0 Å². The number of thioether (sulfide) groups is 1. The summed E-state index contributed by atoms with van der Waals surface area (Å²) in [5.41, 5.74) is 0. The smallest absolute Gasteiger partial charge is 0.239 e. The second kappa shape index (κ2) is 5.48. The zero-order valence-corrected chi connectivity index (χ0v) is 11.3. The first-order valence-corrected chi connectivity index (χ1v) is 6.90. The van der Waals surface area contributed by atoms with Crippen LogP contribution in [-0.4, -0.2) is 36.1 Å². The van der Waals surface area contributed by atoms with Crippen molar-refractivity contribution in [3.05, 3.63) is 23.7 Å². The Balaban J connectivity index is 2.15. The number of carbonyl (C=O) groups excluding carboxylic acids is 2. The number of nitrogens with zero attached hydrogens (tertiary/aromatic N) is 1. The van der Waals surface area contributed by atoms with E-state index in [9.17, 15) is 9.59 Å². The standard InChI is InChI=1S/C12H16N2O3S/c1-3-8-4-5-9(17-8)12-14(6-10(15)13-2)11(16)7-18-12/h4-5,12H,3,6-7H2,1-2H3,(H,13,15). The van der Waals surface area contributed by atoms with Gasteiger partial charge in [-0.25, -0.2) is 0 Å². The number of likely N-dealkylation sites (N-methyl/N-ethyl adjacent to an activating group) is 1. The molecule has 0 spiro atoms. The molecule has 1 aromatic heterocycles. The molecule has 2 amide bonds. The lowest BCUT2D eigenvalue weighted by atomic mass is 10.3. The van der Waals surface area contributed by atoms with Crippen LogP contribution in [-0.2, 0) is 16.0 Å². The van der Waals surface area contributed by atoms with Crippen LogP contribution in [0.1, 0.15) is 23.8 Å². The summed E-state index contributed by atoms with van der Waals surface area (Å²) in [5, 5.41) is 2.34. The van der Waals surface area contributed by atoms with Gasteiger partial charge in [-0.05, 0) is 12.1 Å². The molecule has 0 radical (unpaired) electrons. The number of carbonyl (C=O) groups is 2. The molecule has 18 heavy (non-hydrogen) atoms. The fourth-order valence-electron chi connectivity index (χ4n) is 1.81. The molecule has 5 nitrogen and oxygen atoms in total. The van der Waals surface area contributed by atoms with Gasteiger partial charge in [0, 0.05) is 13.5 Å². The van der Waals surface area contributed by atoms with Crippen molar-refractivity contribution in [3.63, 3.8) is 0 Å². The summed E-state index contributed by atoms with van der Waals surface area (Å²) in [6, 6.07) is 3.79. The average molecular weight is 268 g/mol. The van der Waals surface area contributed by atoms with Gasteiger partial charge in [-0.15, -0.1) is 11.8 Å². The van der Waals surface area contributed by atoms with Crippen molar-refractivity contribution >= 4 is 23.6 Å². The third-order valence-electron chi connectivity index (χ3n) is 2.84. The van der Waals surface area contributed by atoms with E-state index in [0.717, 1.165) is 17.9 Å². The topological polar surface area (TPSA) is 62.6 Å². The van der Waals surface area contributed by atoms with E-state index in [-0.39, 0.29) is 23.7 Å². The van der Waals surface area contributed by atoms with E-state index in [1.165, 1.54) is 11.8 Å². The van der Waals surface area contributed by atoms with Gasteiger partial charge in [0.1, 0.15) is 23.4 Å². The first kappa shape index (κ1) is 13.0. The second-order valence-electron chi connectivity index (χ2n) is 4.02. The highest BCUT2D eigenvalue weighted by atomic mass is 32.2. The fourth-order valence-corrected chi connectivity index (χ4v) is 2.94. The minimum atomic E-state index is -0.185. The fraction of sp³-hybridized carbons (Fsp3) is 0.500. The van der Waals surface area contributed by atoms with E-state index in [1.807, 2.05) is 19.1 Å². The van der Waals surface area contributed by atoms with Crippen LogP contribution in [0.15, 0.2) is 16.5 Å². The number of amides is 2. The van der Waals surface area contributed by atoms with Gasteiger partial charge in [0.05, 0.1) is 5.75 Å². The summed E-state index contributed by atoms with van der Waals surface area (Å²) in [4.78, 5) is 24.7. The van der Waals surface area contributed by atoms with Gasteiger partial charge in [-0.2, -0.15) is 0 Å². The van der Waals surface area contributed by atoms with E-state index in [1.54, 1.807) is 11.9 Å². The Bertz CT molecular complexity index is 458. The molecule has 1 aliphatic rings. The van der Waals surface area contributed by atoms with Crippen LogP contribution in [0.25, 0.3) is 0 Å². The molecular formula is C12H16N2O3S. The largest absolute Gasteiger partial charge is 0.463 e. The zero-order chi connectivity index (χ0) is 13.1. The lowest BCUT2D eigenvalue weighted by molar-refractivity contribution is -0.133. The van der Waals surface area contributed by atoms with Crippen molar-refractivity contribution in [3.8, 4) is 0 Å². The minimum Gasteiger partial charge on any atom is -0.463 e. The third kappa shape index (κ3) is 2.53. The van der Waals surface area contributed by atoms with Crippen LogP contribution < -0.4 is 5.32 Å². The maximum atomic E-state index is 11.8. The van der Waals surface area contributed by atoms with Crippen molar-refractivity contribution in [1.82, 2.24) is 10.2 Å². The van der Waals surface area contributed by atoms with E-state index in [0.29, 0.717) is 5.75 Å². The Hall–Kier alpha value is -1.43. The zero-order valence-electron chi connectivity index (χ0n) is 10.4. The van der Waals surface area contributed by atoms with E-state index in [4.69, 9.17) is 4.42 Å². The van der Waals surface area contributed by atoms with Crippen molar-refractivity contribution in [2.24, 2.45) is 0 Å². The Morgan fingerprint density at radius 3 is 3.00 bits per heavy atom. The van der Waals surface area contributed by atoms with Crippen molar-refractivity contribution in [2.45, 2.75) is 18.7 Å². The van der Waals surface area contributed by atoms with Crippen LogP contribution in [0.2, 0.25) is 0 Å². The van der Waals surface area contributed by atoms with E-state index < -0.39 is 0 Å². The molecule has 0 saturated carbocycles. The van der Waals surface area contributed by atoms with Crippen LogP contribution >= 0.6 is 11.8 Å². The van der Waals surface area contributed by atoms with Crippen molar-refractivity contribution < 1.29 is 14.0 Å². The summed E-state index contributed by atoms with van der Waals surface area (Å²) in [7, 11) is 1.56.